The van der Waals surface area contributed by atoms with Crippen LogP contribution < -0.4 is 5.32 Å². The monoisotopic (exact) mass is 1100 g/mol. The number of amides is 1. The third-order valence-corrected chi connectivity index (χ3v) is 19.1. The number of carbonyl (C=O) groups excluding carboxylic acids is 1. The summed E-state index contributed by atoms with van der Waals surface area (Å²) in [6, 6.07) is 14.4. The van der Waals surface area contributed by atoms with Crippen molar-refractivity contribution in [2.45, 2.75) is 334 Å². The minimum atomic E-state index is 0.0456. The van der Waals surface area contributed by atoms with Gasteiger partial charge >= 0.3 is 0 Å². The predicted molar refractivity (Wildman–Crippen MR) is 338 cm³/mol. The fourth-order valence-corrected chi connectivity index (χ4v) is 13.8. The van der Waals surface area contributed by atoms with Gasteiger partial charge in [-0.3, -0.25) is 4.79 Å². The molecule has 5 nitrogen and oxygen atoms in total. The molecule has 3 heterocycles. The molecule has 436 valence electrons. The molecule has 1 saturated carbocycles. The second-order valence-corrected chi connectivity index (χ2v) is 26.5. The van der Waals surface area contributed by atoms with Crippen LogP contribution in [0.15, 0.2) is 48.7 Å². The molecule has 1 unspecified atom stereocenters. The molecule has 0 radical (unpaired) electrons. The van der Waals surface area contributed by atoms with Crippen molar-refractivity contribution in [3.63, 3.8) is 0 Å². The number of pyridine rings is 1. The second kappa shape index (κ2) is 43.3. The normalized spacial score (nSPS) is 22.2. The van der Waals surface area contributed by atoms with Gasteiger partial charge in [0.25, 0.3) is 5.91 Å². The Morgan fingerprint density at radius 3 is 1.22 bits per heavy atom. The number of aryl methyl sites for hydroxylation is 1. The minimum Gasteiger partial charge on any atom is -0.368 e. The summed E-state index contributed by atoms with van der Waals surface area (Å²) in [5, 5.41) is 5.26. The van der Waals surface area contributed by atoms with E-state index in [9.17, 15) is 0 Å². The van der Waals surface area contributed by atoms with Crippen LogP contribution in [0.25, 0.3) is 10.4 Å². The van der Waals surface area contributed by atoms with Gasteiger partial charge in [-0.1, -0.05) is 331 Å². The van der Waals surface area contributed by atoms with Gasteiger partial charge in [0, 0.05) is 25.3 Å². The van der Waals surface area contributed by atoms with E-state index in [0.29, 0.717) is 22.7 Å². The van der Waals surface area contributed by atoms with E-state index < -0.39 is 0 Å². The van der Waals surface area contributed by atoms with Gasteiger partial charge in [-0.05, 0) is 62.1 Å². The Hall–Kier alpha value is -2.44. The van der Waals surface area contributed by atoms with Crippen molar-refractivity contribution in [2.24, 2.45) is 5.41 Å². The number of carbonyl (C=O) groups is 1. The first-order valence-electron chi connectivity index (χ1n) is 33.7. The number of aromatic nitrogens is 2. The van der Waals surface area contributed by atoms with E-state index >= 15 is 4.79 Å². The lowest BCUT2D eigenvalue weighted by atomic mass is 9.89. The highest BCUT2D eigenvalue weighted by atomic mass is 35.5. The van der Waals surface area contributed by atoms with E-state index in [0.717, 1.165) is 47.1 Å². The van der Waals surface area contributed by atoms with Gasteiger partial charge in [-0.2, -0.15) is 0 Å². The predicted octanol–water partition coefficient (Wildman–Crippen LogP) is 23.6. The van der Waals surface area contributed by atoms with Gasteiger partial charge in [0.1, 0.15) is 11.5 Å². The van der Waals surface area contributed by atoms with Crippen LogP contribution in [0.4, 0.5) is 5.82 Å². The minimum absolute atomic E-state index is 0.0456. The molecule has 5 rings (SSSR count). The Morgan fingerprint density at radius 2 is 0.870 bits per heavy atom. The summed E-state index contributed by atoms with van der Waals surface area (Å²) in [7, 11) is 0. The molecule has 2 aliphatic rings. The summed E-state index contributed by atoms with van der Waals surface area (Å²) in [5.41, 5.74) is 2.02. The molecule has 7 heteroatoms. The van der Waals surface area contributed by atoms with Gasteiger partial charge < -0.3 is 10.2 Å². The summed E-state index contributed by atoms with van der Waals surface area (Å²) < 4.78 is 0. The van der Waals surface area contributed by atoms with Crippen LogP contribution >= 0.6 is 22.9 Å². The zero-order valence-corrected chi connectivity index (χ0v) is 51.6. The Kier molecular flexibility index (Phi) is 36.8. The van der Waals surface area contributed by atoms with E-state index in [2.05, 4.69) is 45.5 Å². The average Bonchev–Trinajstić information content (AvgIpc) is 4.11. The molecule has 1 aliphatic carbocycles. The molecule has 1 aromatic carbocycles. The first-order valence-corrected chi connectivity index (χ1v) is 34.9. The van der Waals surface area contributed by atoms with E-state index in [1.165, 1.54) is 302 Å². The van der Waals surface area contributed by atoms with Crippen LogP contribution in [0.3, 0.4) is 0 Å². The first-order chi connectivity index (χ1) is 38.0. The maximum Gasteiger partial charge on any atom is 0.274 e. The number of nitrogens with zero attached hydrogens (tertiary/aromatic N) is 3. The topological polar surface area (TPSA) is 58.1 Å². The number of hydrogen-bond acceptors (Lipinski definition) is 5. The zero-order valence-electron chi connectivity index (χ0n) is 50.0. The Bertz CT molecular complexity index is 1850. The first kappa shape index (κ1) is 65.4. The summed E-state index contributed by atoms with van der Waals surface area (Å²) in [6.45, 7) is 3.48. The van der Waals surface area contributed by atoms with Crippen LogP contribution in [0.1, 0.15) is 337 Å². The molecular formula is C70H117ClN4OS. The average molecular weight is 1100 g/mol. The largest absolute Gasteiger partial charge is 0.368 e. The summed E-state index contributed by atoms with van der Waals surface area (Å²) in [5.74, 6) is 0.908. The number of thiazole rings is 1. The van der Waals surface area contributed by atoms with Crippen LogP contribution in [0, 0.1) is 12.3 Å². The fourth-order valence-electron chi connectivity index (χ4n) is 12.7. The highest BCUT2D eigenvalue weighted by Crippen LogP contribution is 2.54. The Balaban J connectivity index is 1.08. The lowest BCUT2D eigenvalue weighted by Gasteiger charge is -2.35. The lowest BCUT2D eigenvalue weighted by Crippen LogP contribution is -2.46. The van der Waals surface area contributed by atoms with Gasteiger partial charge in [0.15, 0.2) is 0 Å². The number of nitrogens with one attached hydrogen (secondary N) is 1. The molecular weight excluding hydrogens is 980 g/mol. The molecule has 1 spiro atoms. The van der Waals surface area contributed by atoms with E-state index in [1.54, 1.807) is 17.5 Å². The van der Waals surface area contributed by atoms with Gasteiger partial charge in [-0.25, -0.2) is 9.97 Å². The molecule has 77 heavy (non-hydrogen) atoms. The number of benzene rings is 1. The van der Waals surface area contributed by atoms with Crippen molar-refractivity contribution < 1.29 is 4.79 Å². The molecule has 3 aromatic rings. The summed E-state index contributed by atoms with van der Waals surface area (Å²) >= 11 is 7.93. The smallest absolute Gasteiger partial charge is 0.274 e. The molecule has 1 aliphatic heterocycles. The molecule has 1 amide bonds. The maximum absolute atomic E-state index is 15.2. The Morgan fingerprint density at radius 1 is 0.506 bits per heavy atom. The van der Waals surface area contributed by atoms with Crippen molar-refractivity contribution in [2.75, 3.05) is 18.4 Å². The number of halogens is 1. The van der Waals surface area contributed by atoms with Crippen LogP contribution in [0.5, 0.6) is 0 Å². The molecule has 2 fully saturated rings. The van der Waals surface area contributed by atoms with E-state index in [-0.39, 0.29) is 11.9 Å². The van der Waals surface area contributed by atoms with Gasteiger partial charge in [-0.15, -0.1) is 11.3 Å². The number of rotatable bonds is 5. The van der Waals surface area contributed by atoms with E-state index in [4.69, 9.17) is 16.6 Å². The summed E-state index contributed by atoms with van der Waals surface area (Å²) in [6.07, 6.45) is 71.7. The lowest BCUT2D eigenvalue weighted by molar-refractivity contribution is 0.0644. The van der Waals surface area contributed by atoms with Crippen molar-refractivity contribution in [1.29, 1.82) is 0 Å². The van der Waals surface area contributed by atoms with Gasteiger partial charge in [0.05, 0.1) is 14.9 Å². The van der Waals surface area contributed by atoms with Crippen LogP contribution in [-0.2, 0) is 0 Å². The van der Waals surface area contributed by atoms with Crippen LogP contribution in [-0.4, -0.2) is 39.9 Å². The fraction of sp³-hybridized carbons (Fsp3) is 0.786. The summed E-state index contributed by atoms with van der Waals surface area (Å²) in [4.78, 5) is 28.0. The molecule has 1 saturated heterocycles. The quantitative estimate of drug-likeness (QED) is 0.277. The molecule has 1 atom stereocenters. The third-order valence-electron chi connectivity index (χ3n) is 17.9. The maximum atomic E-state index is 15.2. The highest BCUT2D eigenvalue weighted by molar-refractivity contribution is 7.15. The SMILES string of the molecule is Cc1nc(C(=O)N2CCCCCCCCCCCCCCCCCCCCCCCCCCCCCCCCCCCCCCCCCCCCCCCCC3(CC3)CC2CNc2ccc(Cl)cn2)c(-c2ccccc2)s1. The van der Waals surface area contributed by atoms with Crippen molar-refractivity contribution in [3.05, 3.63) is 64.4 Å². The Labute approximate surface area is 484 Å². The number of anilines is 1. The van der Waals surface area contributed by atoms with E-state index in [1.807, 2.05) is 19.1 Å². The standard InChI is InChI=1S/C70H117ClN4OS/c1-62-74-67(68(77-62)63-51-47-46-48-52-63)69(76)75-58-50-45-43-41-39-37-35-33-31-29-27-25-23-21-19-17-15-13-11-9-7-5-3-2-4-6-8-10-12-14-16-18-20-22-24-26-28-30-32-34-36-38-40-42-44-49-55-70(56-57-70)59-65(75)61-73-66-54-53-64(71)60-72-66/h46-48,51-54,60,65H,2-45,49-50,55-59,61H2,1H3,(H,72,73). The van der Waals surface area contributed by atoms with Gasteiger partial charge in [0.2, 0.25) is 0 Å². The zero-order chi connectivity index (χ0) is 54.0. The molecule has 1 N–H and O–H groups in total. The molecule has 2 aromatic heterocycles. The van der Waals surface area contributed by atoms with Crippen molar-refractivity contribution in [1.82, 2.24) is 14.9 Å². The van der Waals surface area contributed by atoms with Crippen LogP contribution in [0.2, 0.25) is 5.02 Å². The molecule has 0 bridgehead atoms. The highest BCUT2D eigenvalue weighted by Gasteiger charge is 2.45. The second-order valence-electron chi connectivity index (χ2n) is 24.9. The van der Waals surface area contributed by atoms with Crippen molar-refractivity contribution >= 4 is 34.7 Å². The third kappa shape index (κ3) is 30.8. The van der Waals surface area contributed by atoms with Crippen molar-refractivity contribution in [3.8, 4) is 10.4 Å². The number of hydrogen-bond donors (Lipinski definition) is 1.